The number of hydrogen-bond donors (Lipinski definition) is 4. The number of allylic oxidation sites excluding steroid dienone is 2. The number of carbonyl (C=O) groups excluding carboxylic acids is 7. The average Bonchev–Trinajstić information content (AvgIpc) is 3.49. The van der Waals surface area contributed by atoms with E-state index in [9.17, 15) is 33.6 Å². The molecule has 1 spiro atoms. The minimum atomic E-state index is -1.73. The average molecular weight is 684 g/mol. The third-order valence-electron chi connectivity index (χ3n) is 9.72. The first-order valence-electron chi connectivity index (χ1n) is 15.6. The molecule has 5 heterocycles. The zero-order valence-electron chi connectivity index (χ0n) is 28.0. The van der Waals surface area contributed by atoms with Gasteiger partial charge in [-0.2, -0.15) is 0 Å². The SMILES string of the molecule is COC(=O)[C@@]1(C)NC2=C(C1=O)[C@]13C[C@H]1CN(C(=O)c1cc(NC(=O)c4cc(NC(=O)c5nc(NC(C)=O)cn5C)cn4C)cn1C)C3=CC2=O. The number of carbonyl (C=O) groups is 7. The maximum Gasteiger partial charge on any atom is 0.339 e. The molecule has 3 atom stereocenters. The van der Waals surface area contributed by atoms with Crippen molar-refractivity contribution in [2.75, 3.05) is 29.6 Å². The summed E-state index contributed by atoms with van der Waals surface area (Å²) < 4.78 is 9.38. The topological polar surface area (TPSA) is 208 Å². The van der Waals surface area contributed by atoms with E-state index in [0.29, 0.717) is 23.5 Å². The Morgan fingerprint density at radius 1 is 0.920 bits per heavy atom. The zero-order chi connectivity index (χ0) is 36.0. The number of aromatic nitrogens is 4. The Morgan fingerprint density at radius 2 is 1.56 bits per heavy atom. The van der Waals surface area contributed by atoms with Crippen LogP contribution < -0.4 is 21.3 Å². The summed E-state index contributed by atoms with van der Waals surface area (Å²) in [5.74, 6) is -3.49. The first kappa shape index (κ1) is 32.3. The largest absolute Gasteiger partial charge is 0.467 e. The highest BCUT2D eigenvalue weighted by Crippen LogP contribution is 2.70. The van der Waals surface area contributed by atoms with Gasteiger partial charge in [-0.1, -0.05) is 0 Å². The summed E-state index contributed by atoms with van der Waals surface area (Å²) in [6.07, 6.45) is 6.55. The number of anilines is 3. The molecule has 1 saturated heterocycles. The van der Waals surface area contributed by atoms with Gasteiger partial charge < -0.3 is 44.6 Å². The van der Waals surface area contributed by atoms with E-state index in [2.05, 4.69) is 26.3 Å². The van der Waals surface area contributed by atoms with Crippen molar-refractivity contribution in [2.24, 2.45) is 32.5 Å². The van der Waals surface area contributed by atoms with Crippen LogP contribution in [0.4, 0.5) is 17.2 Å². The van der Waals surface area contributed by atoms with Gasteiger partial charge >= 0.3 is 5.97 Å². The molecule has 0 unspecified atom stereocenters. The summed E-state index contributed by atoms with van der Waals surface area (Å²) in [6, 6.07) is 3.00. The number of amides is 4. The van der Waals surface area contributed by atoms with Crippen molar-refractivity contribution in [1.29, 1.82) is 0 Å². The second-order valence-electron chi connectivity index (χ2n) is 13.1. The number of hydrogen-bond acceptors (Lipinski definition) is 10. The number of piperidine rings is 1. The highest BCUT2D eigenvalue weighted by atomic mass is 16.5. The Kier molecular flexibility index (Phi) is 7.03. The lowest BCUT2D eigenvalue weighted by Crippen LogP contribution is -2.52. The molecule has 3 aromatic rings. The molecule has 258 valence electrons. The minimum Gasteiger partial charge on any atom is -0.467 e. The second kappa shape index (κ2) is 10.9. The molecule has 2 aliphatic heterocycles. The lowest BCUT2D eigenvalue weighted by molar-refractivity contribution is -0.150. The maximum absolute atomic E-state index is 13.9. The Morgan fingerprint density at radius 3 is 2.22 bits per heavy atom. The molecule has 2 aliphatic carbocycles. The van der Waals surface area contributed by atoms with Gasteiger partial charge in [0.15, 0.2) is 17.1 Å². The number of aryl methyl sites for hydroxylation is 3. The fourth-order valence-corrected chi connectivity index (χ4v) is 7.29. The molecular formula is C33H33N9O8. The molecule has 0 bridgehead atoms. The Labute approximate surface area is 284 Å². The van der Waals surface area contributed by atoms with E-state index >= 15 is 0 Å². The molecule has 1 saturated carbocycles. The monoisotopic (exact) mass is 683 g/mol. The third kappa shape index (κ3) is 4.67. The molecule has 0 radical (unpaired) electrons. The van der Waals surface area contributed by atoms with Crippen molar-refractivity contribution in [2.45, 2.75) is 25.8 Å². The fourth-order valence-electron chi connectivity index (χ4n) is 7.29. The van der Waals surface area contributed by atoms with Gasteiger partial charge in [0.1, 0.15) is 11.4 Å². The Bertz CT molecular complexity index is 2180. The summed E-state index contributed by atoms with van der Waals surface area (Å²) in [4.78, 5) is 96.5. The van der Waals surface area contributed by atoms with Crippen LogP contribution in [-0.4, -0.2) is 83.9 Å². The Hall–Kier alpha value is -6.26. The van der Waals surface area contributed by atoms with Gasteiger partial charge in [0.05, 0.1) is 24.2 Å². The van der Waals surface area contributed by atoms with Crippen LogP contribution in [0.3, 0.4) is 0 Å². The number of imidazole rings is 1. The number of ketones is 2. The molecule has 50 heavy (non-hydrogen) atoms. The van der Waals surface area contributed by atoms with Gasteiger partial charge in [0, 0.05) is 76.0 Å². The third-order valence-corrected chi connectivity index (χ3v) is 9.72. The van der Waals surface area contributed by atoms with E-state index < -0.39 is 46.2 Å². The van der Waals surface area contributed by atoms with Gasteiger partial charge in [-0.05, 0) is 31.4 Å². The van der Waals surface area contributed by atoms with Crippen LogP contribution >= 0.6 is 0 Å². The zero-order valence-corrected chi connectivity index (χ0v) is 28.0. The molecule has 17 nitrogen and oxygen atoms in total. The number of nitrogens with zero attached hydrogens (tertiary/aromatic N) is 5. The maximum atomic E-state index is 13.9. The van der Waals surface area contributed by atoms with Crippen LogP contribution in [0, 0.1) is 11.3 Å². The molecule has 3 aromatic heterocycles. The van der Waals surface area contributed by atoms with Gasteiger partial charge in [-0.3, -0.25) is 28.8 Å². The van der Waals surface area contributed by atoms with Crippen molar-refractivity contribution in [3.63, 3.8) is 0 Å². The van der Waals surface area contributed by atoms with Gasteiger partial charge in [0.25, 0.3) is 17.7 Å². The highest BCUT2D eigenvalue weighted by molar-refractivity contribution is 6.26. The molecule has 7 rings (SSSR count). The fraction of sp³-hybridized carbons (Fsp3) is 0.333. The number of esters is 1. The highest BCUT2D eigenvalue weighted by Gasteiger charge is 2.73. The number of rotatable bonds is 7. The van der Waals surface area contributed by atoms with Gasteiger partial charge in [-0.25, -0.2) is 9.78 Å². The quantitative estimate of drug-likeness (QED) is 0.204. The van der Waals surface area contributed by atoms with Crippen molar-refractivity contribution in [3.8, 4) is 0 Å². The normalized spacial score (nSPS) is 23.0. The van der Waals surface area contributed by atoms with E-state index in [1.54, 1.807) is 38.1 Å². The lowest BCUT2D eigenvalue weighted by Gasteiger charge is -2.28. The van der Waals surface area contributed by atoms with Crippen LogP contribution in [0.25, 0.3) is 0 Å². The van der Waals surface area contributed by atoms with Crippen molar-refractivity contribution in [1.82, 2.24) is 28.9 Å². The lowest BCUT2D eigenvalue weighted by atomic mass is 9.80. The number of methoxy groups -OCH3 is 1. The second-order valence-corrected chi connectivity index (χ2v) is 13.1. The van der Waals surface area contributed by atoms with E-state index in [1.807, 2.05) is 0 Å². The van der Waals surface area contributed by atoms with Crippen molar-refractivity contribution >= 4 is 58.4 Å². The van der Waals surface area contributed by atoms with E-state index in [-0.39, 0.29) is 52.7 Å². The van der Waals surface area contributed by atoms with Crippen LogP contribution in [-0.2, 0) is 45.1 Å². The summed E-state index contributed by atoms with van der Waals surface area (Å²) in [5, 5.41) is 10.8. The van der Waals surface area contributed by atoms with Crippen LogP contribution in [0.1, 0.15) is 51.9 Å². The van der Waals surface area contributed by atoms with Crippen molar-refractivity contribution in [3.05, 3.63) is 71.0 Å². The van der Waals surface area contributed by atoms with E-state index in [1.165, 1.54) is 59.4 Å². The molecule has 0 aromatic carbocycles. The summed E-state index contributed by atoms with van der Waals surface area (Å²) in [7, 11) is 6.06. The first-order chi connectivity index (χ1) is 23.6. The van der Waals surface area contributed by atoms with Crippen LogP contribution in [0.5, 0.6) is 0 Å². The molecule has 2 fully saturated rings. The summed E-state index contributed by atoms with van der Waals surface area (Å²) in [6.45, 7) is 2.99. The van der Waals surface area contributed by atoms with Crippen LogP contribution in [0.15, 0.2) is 53.8 Å². The number of likely N-dealkylation sites (tertiary alicyclic amines) is 1. The van der Waals surface area contributed by atoms with Crippen LogP contribution in [0.2, 0.25) is 0 Å². The van der Waals surface area contributed by atoms with Gasteiger partial charge in [-0.15, -0.1) is 0 Å². The summed E-state index contributed by atoms with van der Waals surface area (Å²) in [5.41, 5.74) is -0.769. The van der Waals surface area contributed by atoms with Gasteiger partial charge in [0.2, 0.25) is 17.5 Å². The smallest absolute Gasteiger partial charge is 0.339 e. The minimum absolute atomic E-state index is 0.0445. The standard InChI is InChI=1S/C33H33N9O8/c1-15(43)34-23-14-41(5)27(37-23)29(47)36-17-7-19(39(3)12-17)28(46)35-18-8-20(40(4)13-18)30(48)42-11-16-10-33(16)22(42)9-21(44)25-24(33)26(45)32(2,38-25)31(49)50-6/h7-9,12-14,16,38H,10-11H2,1-6H3,(H,34,43)(H,35,46)(H,36,47)/t16-,32-,33+/m0/s1. The molecule has 4 amide bonds. The van der Waals surface area contributed by atoms with E-state index in [4.69, 9.17) is 4.74 Å². The van der Waals surface area contributed by atoms with E-state index in [0.717, 1.165) is 0 Å². The number of Topliss-reactive ketones (excluding diaryl/α,β-unsaturated/α-hetero) is 1. The molecule has 17 heteroatoms. The predicted molar refractivity (Wildman–Crippen MR) is 175 cm³/mol. The first-order valence-corrected chi connectivity index (χ1v) is 15.6. The van der Waals surface area contributed by atoms with Crippen molar-refractivity contribution < 1.29 is 38.3 Å². The summed E-state index contributed by atoms with van der Waals surface area (Å²) >= 11 is 0. The number of ether oxygens (including phenoxy) is 1. The molecular weight excluding hydrogens is 650 g/mol. The predicted octanol–water partition coefficient (Wildman–Crippen LogP) is 0.847. The number of nitrogens with one attached hydrogen (secondary N) is 4. The molecule has 4 aliphatic rings. The molecule has 4 N–H and O–H groups in total. The Balaban J connectivity index is 1.06.